The van der Waals surface area contributed by atoms with Crippen molar-refractivity contribution < 1.29 is 18.3 Å². The highest BCUT2D eigenvalue weighted by Gasteiger charge is 2.37. The molecule has 0 amide bonds. The van der Waals surface area contributed by atoms with Crippen molar-refractivity contribution in [2.45, 2.75) is 12.3 Å². The van der Waals surface area contributed by atoms with Crippen molar-refractivity contribution in [1.29, 1.82) is 0 Å². The van der Waals surface area contributed by atoms with E-state index in [1.807, 2.05) is 0 Å². The summed E-state index contributed by atoms with van der Waals surface area (Å²) in [6.45, 7) is -0.638. The monoisotopic (exact) mass is 246 g/mol. The smallest absolute Gasteiger partial charge is 0.382 e. The van der Waals surface area contributed by atoms with E-state index in [2.05, 4.69) is 15.4 Å². The average Bonchev–Trinajstić information content (AvgIpc) is 2.71. The summed E-state index contributed by atoms with van der Waals surface area (Å²) in [5.74, 6) is 0.251. The van der Waals surface area contributed by atoms with Crippen LogP contribution in [0.2, 0.25) is 0 Å². The molecule has 5 nitrogen and oxygen atoms in total. The Kier molecular flexibility index (Phi) is 2.88. The van der Waals surface area contributed by atoms with Crippen molar-refractivity contribution in [2.24, 2.45) is 0 Å². The summed E-state index contributed by atoms with van der Waals surface area (Å²) >= 11 is 0. The fraction of sp³-hybridized carbons (Fsp3) is 0.333. The van der Waals surface area contributed by atoms with Gasteiger partial charge in [-0.1, -0.05) is 0 Å². The SMILES string of the molecule is OC(CNc1ccn2nccc2n1)C(F)(F)F. The minimum atomic E-state index is -4.63. The van der Waals surface area contributed by atoms with Crippen LogP contribution in [0.25, 0.3) is 5.65 Å². The molecule has 2 rings (SSSR count). The average molecular weight is 246 g/mol. The first-order valence-corrected chi connectivity index (χ1v) is 4.76. The predicted octanol–water partition coefficient (Wildman–Crippen LogP) is 1.06. The van der Waals surface area contributed by atoms with Gasteiger partial charge in [0.1, 0.15) is 5.82 Å². The predicted molar refractivity (Wildman–Crippen MR) is 53.5 cm³/mol. The van der Waals surface area contributed by atoms with Crippen molar-refractivity contribution in [3.05, 3.63) is 24.5 Å². The lowest BCUT2D eigenvalue weighted by Crippen LogP contribution is -2.35. The second-order valence-electron chi connectivity index (χ2n) is 3.39. The summed E-state index contributed by atoms with van der Waals surface area (Å²) in [5, 5.41) is 15.1. The zero-order valence-electron chi connectivity index (χ0n) is 8.52. The number of aromatic nitrogens is 3. The summed E-state index contributed by atoms with van der Waals surface area (Å²) < 4.78 is 37.6. The van der Waals surface area contributed by atoms with Gasteiger partial charge in [0.25, 0.3) is 0 Å². The molecule has 0 radical (unpaired) electrons. The van der Waals surface area contributed by atoms with E-state index in [1.54, 1.807) is 12.3 Å². The van der Waals surface area contributed by atoms with Gasteiger partial charge in [0.05, 0.1) is 12.7 Å². The summed E-state index contributed by atoms with van der Waals surface area (Å²) in [7, 11) is 0. The van der Waals surface area contributed by atoms with E-state index in [9.17, 15) is 13.2 Å². The number of anilines is 1. The number of fused-ring (bicyclic) bond motifs is 1. The van der Waals surface area contributed by atoms with Gasteiger partial charge in [0.15, 0.2) is 11.8 Å². The van der Waals surface area contributed by atoms with E-state index < -0.39 is 18.8 Å². The lowest BCUT2D eigenvalue weighted by molar-refractivity contribution is -0.198. The van der Waals surface area contributed by atoms with Gasteiger partial charge in [-0.05, 0) is 6.07 Å². The summed E-state index contributed by atoms with van der Waals surface area (Å²) in [6.07, 6.45) is -3.96. The highest BCUT2D eigenvalue weighted by atomic mass is 19.4. The molecule has 2 aromatic rings. The van der Waals surface area contributed by atoms with E-state index in [0.29, 0.717) is 5.65 Å². The molecule has 0 aliphatic rings. The Morgan fingerprint density at radius 1 is 1.41 bits per heavy atom. The Morgan fingerprint density at radius 3 is 2.88 bits per heavy atom. The molecule has 1 unspecified atom stereocenters. The molecule has 0 aliphatic heterocycles. The standard InChI is InChI=1S/C9H9F3N4O/c10-9(11,12)6(17)5-13-7-2-4-16-8(15-7)1-3-14-16/h1-4,6,17H,5H2,(H,13,15). The molecule has 0 spiro atoms. The van der Waals surface area contributed by atoms with Crippen molar-refractivity contribution >= 4 is 11.5 Å². The first-order chi connectivity index (χ1) is 7.97. The second kappa shape index (κ2) is 4.21. The summed E-state index contributed by atoms with van der Waals surface area (Å²) in [4.78, 5) is 4.00. The van der Waals surface area contributed by atoms with Gasteiger partial charge in [0.2, 0.25) is 0 Å². The molecule has 17 heavy (non-hydrogen) atoms. The molecule has 2 heterocycles. The third kappa shape index (κ3) is 2.64. The van der Waals surface area contributed by atoms with Crippen LogP contribution in [-0.2, 0) is 0 Å². The van der Waals surface area contributed by atoms with Crippen molar-refractivity contribution in [1.82, 2.24) is 14.6 Å². The second-order valence-corrected chi connectivity index (χ2v) is 3.39. The largest absolute Gasteiger partial charge is 0.416 e. The normalized spacial score (nSPS) is 13.9. The van der Waals surface area contributed by atoms with Gasteiger partial charge >= 0.3 is 6.18 Å². The zero-order valence-corrected chi connectivity index (χ0v) is 8.52. The Bertz CT molecular complexity index is 510. The fourth-order valence-corrected chi connectivity index (χ4v) is 1.23. The first-order valence-electron chi connectivity index (χ1n) is 4.76. The van der Waals surface area contributed by atoms with E-state index in [1.165, 1.54) is 16.8 Å². The molecule has 0 fully saturated rings. The number of nitrogens with one attached hydrogen (secondary N) is 1. The number of rotatable bonds is 3. The maximum Gasteiger partial charge on any atom is 0.416 e. The van der Waals surface area contributed by atoms with E-state index in [4.69, 9.17) is 5.11 Å². The molecule has 0 aliphatic carbocycles. The Balaban J connectivity index is 2.03. The minimum absolute atomic E-state index is 0.251. The fourth-order valence-electron chi connectivity index (χ4n) is 1.23. The van der Waals surface area contributed by atoms with Crippen LogP contribution < -0.4 is 5.32 Å². The van der Waals surface area contributed by atoms with Gasteiger partial charge in [-0.2, -0.15) is 18.3 Å². The highest BCUT2D eigenvalue weighted by Crippen LogP contribution is 2.20. The highest BCUT2D eigenvalue weighted by molar-refractivity contribution is 5.45. The Labute approximate surface area is 93.9 Å². The molecule has 0 saturated heterocycles. The van der Waals surface area contributed by atoms with E-state index in [0.717, 1.165) is 0 Å². The molecular weight excluding hydrogens is 237 g/mol. The van der Waals surface area contributed by atoms with Crippen LogP contribution in [0.5, 0.6) is 0 Å². The van der Waals surface area contributed by atoms with Gasteiger partial charge in [-0.3, -0.25) is 0 Å². The summed E-state index contributed by atoms with van der Waals surface area (Å²) in [6, 6.07) is 3.09. The topological polar surface area (TPSA) is 62.5 Å². The van der Waals surface area contributed by atoms with Crippen LogP contribution in [0.1, 0.15) is 0 Å². The van der Waals surface area contributed by atoms with Gasteiger partial charge in [-0.15, -0.1) is 0 Å². The molecule has 0 aromatic carbocycles. The van der Waals surface area contributed by atoms with Crippen LogP contribution in [-0.4, -0.2) is 38.5 Å². The van der Waals surface area contributed by atoms with Crippen molar-refractivity contribution in [3.63, 3.8) is 0 Å². The minimum Gasteiger partial charge on any atom is -0.382 e. The van der Waals surface area contributed by atoms with Crippen molar-refractivity contribution in [3.8, 4) is 0 Å². The Hall–Kier alpha value is -1.83. The number of nitrogens with zero attached hydrogens (tertiary/aromatic N) is 3. The molecule has 8 heteroatoms. The van der Waals surface area contributed by atoms with Crippen LogP contribution >= 0.6 is 0 Å². The molecule has 2 N–H and O–H groups in total. The Morgan fingerprint density at radius 2 is 2.18 bits per heavy atom. The quantitative estimate of drug-likeness (QED) is 0.850. The lowest BCUT2D eigenvalue weighted by Gasteiger charge is -2.15. The van der Waals surface area contributed by atoms with Crippen molar-refractivity contribution in [2.75, 3.05) is 11.9 Å². The van der Waals surface area contributed by atoms with Gasteiger partial charge in [-0.25, -0.2) is 9.50 Å². The summed E-state index contributed by atoms with van der Waals surface area (Å²) in [5.41, 5.74) is 0.511. The number of aliphatic hydroxyl groups excluding tert-OH is 1. The molecular formula is C9H9F3N4O. The van der Waals surface area contributed by atoms with Crippen LogP contribution in [0.4, 0.5) is 19.0 Å². The van der Waals surface area contributed by atoms with E-state index >= 15 is 0 Å². The van der Waals surface area contributed by atoms with Crippen LogP contribution in [0, 0.1) is 0 Å². The third-order valence-corrected chi connectivity index (χ3v) is 2.11. The lowest BCUT2D eigenvalue weighted by atomic mass is 10.3. The number of hydrogen-bond acceptors (Lipinski definition) is 4. The van der Waals surface area contributed by atoms with Gasteiger partial charge in [0, 0.05) is 12.3 Å². The maximum absolute atomic E-state index is 12.0. The molecule has 0 saturated carbocycles. The molecule has 92 valence electrons. The van der Waals surface area contributed by atoms with Crippen LogP contribution in [0.15, 0.2) is 24.5 Å². The number of aliphatic hydroxyl groups is 1. The maximum atomic E-state index is 12.0. The number of hydrogen-bond donors (Lipinski definition) is 2. The number of alkyl halides is 3. The third-order valence-electron chi connectivity index (χ3n) is 2.11. The molecule has 2 aromatic heterocycles. The van der Waals surface area contributed by atoms with Gasteiger partial charge < -0.3 is 10.4 Å². The van der Waals surface area contributed by atoms with Crippen LogP contribution in [0.3, 0.4) is 0 Å². The number of halogens is 3. The first kappa shape index (κ1) is 11.6. The molecule has 1 atom stereocenters. The van der Waals surface area contributed by atoms with E-state index in [-0.39, 0.29) is 5.82 Å². The zero-order chi connectivity index (χ0) is 12.5. The molecule has 0 bridgehead atoms.